The van der Waals surface area contributed by atoms with Crippen LogP contribution in [0, 0.1) is 10.5 Å². The number of hydrogen-bond acceptors (Lipinski definition) is 3. The van der Waals surface area contributed by atoms with Gasteiger partial charge in [0.05, 0.1) is 16.3 Å². The highest BCUT2D eigenvalue weighted by Crippen LogP contribution is 2.28. The molecule has 0 aliphatic carbocycles. The summed E-state index contributed by atoms with van der Waals surface area (Å²) in [5, 5.41) is 4.66. The monoisotopic (exact) mass is 394 g/mol. The molecule has 0 fully saturated rings. The second-order valence-electron chi connectivity index (χ2n) is 4.85. The number of para-hydroxylation sites is 1. The van der Waals surface area contributed by atoms with Crippen molar-refractivity contribution >= 4 is 49.8 Å². The molecule has 0 saturated heterocycles. The first-order chi connectivity index (χ1) is 9.63. The first-order valence-electron chi connectivity index (χ1n) is 6.51. The molecule has 0 aliphatic rings. The summed E-state index contributed by atoms with van der Waals surface area (Å²) in [6.07, 6.45) is 0. The van der Waals surface area contributed by atoms with E-state index in [1.807, 2.05) is 6.07 Å². The van der Waals surface area contributed by atoms with E-state index in [0.29, 0.717) is 0 Å². The average Bonchev–Trinajstić information content (AvgIpc) is 2.87. The quantitative estimate of drug-likeness (QED) is 0.603. The van der Waals surface area contributed by atoms with Crippen molar-refractivity contribution in [1.82, 2.24) is 4.98 Å². The normalized spacial score (nSPS) is 12.6. The van der Waals surface area contributed by atoms with E-state index in [2.05, 4.69) is 78.2 Å². The van der Waals surface area contributed by atoms with Crippen molar-refractivity contribution in [2.45, 2.75) is 19.9 Å². The Hall–Kier alpha value is -1.14. The van der Waals surface area contributed by atoms with Crippen LogP contribution in [0.4, 0.5) is 5.69 Å². The Balaban J connectivity index is 1.84. The molecule has 102 valence electrons. The number of anilines is 1. The Morgan fingerprint density at radius 1 is 1.20 bits per heavy atom. The minimum Gasteiger partial charge on any atom is -0.376 e. The molecule has 1 aromatic heterocycles. The second kappa shape index (κ2) is 5.69. The lowest BCUT2D eigenvalue weighted by Gasteiger charge is -2.13. The van der Waals surface area contributed by atoms with Gasteiger partial charge < -0.3 is 5.32 Å². The molecule has 2 nitrogen and oxygen atoms in total. The van der Waals surface area contributed by atoms with E-state index in [-0.39, 0.29) is 6.04 Å². The van der Waals surface area contributed by atoms with Gasteiger partial charge in [0.2, 0.25) is 0 Å². The lowest BCUT2D eigenvalue weighted by Crippen LogP contribution is -2.06. The predicted octanol–water partition coefficient (Wildman–Crippen LogP) is 5.38. The highest BCUT2D eigenvalue weighted by atomic mass is 127. The zero-order chi connectivity index (χ0) is 14.1. The van der Waals surface area contributed by atoms with Crippen LogP contribution < -0.4 is 5.32 Å². The fraction of sp³-hybridized carbons (Fsp3) is 0.188. The molecule has 0 spiro atoms. The fourth-order valence-electron chi connectivity index (χ4n) is 2.07. The van der Waals surface area contributed by atoms with Gasteiger partial charge in [-0.1, -0.05) is 18.2 Å². The molecule has 20 heavy (non-hydrogen) atoms. The molecule has 0 saturated carbocycles. The molecule has 1 unspecified atom stereocenters. The standard InChI is InChI=1S/C16H15IN2S/c1-10-7-8-12(9-13(10)17)18-11(2)16-19-14-5-3-4-6-15(14)20-16/h3-9,11,18H,1-2H3. The maximum atomic E-state index is 4.70. The third kappa shape index (κ3) is 2.81. The van der Waals surface area contributed by atoms with Gasteiger partial charge in [-0.2, -0.15) is 0 Å². The smallest absolute Gasteiger partial charge is 0.116 e. The number of rotatable bonds is 3. The van der Waals surface area contributed by atoms with Crippen LogP contribution >= 0.6 is 33.9 Å². The first kappa shape index (κ1) is 13.8. The summed E-state index contributed by atoms with van der Waals surface area (Å²) in [5.41, 5.74) is 3.54. The SMILES string of the molecule is Cc1ccc(NC(C)c2nc3ccccc3s2)cc1I. The lowest BCUT2D eigenvalue weighted by atomic mass is 10.2. The lowest BCUT2D eigenvalue weighted by molar-refractivity contribution is 0.874. The summed E-state index contributed by atoms with van der Waals surface area (Å²) in [7, 11) is 0. The molecule has 0 amide bonds. The number of fused-ring (bicyclic) bond motifs is 1. The van der Waals surface area contributed by atoms with Crippen LogP contribution in [0.3, 0.4) is 0 Å². The summed E-state index contributed by atoms with van der Waals surface area (Å²) in [6.45, 7) is 4.28. The van der Waals surface area contributed by atoms with Crippen LogP contribution in [0.1, 0.15) is 23.5 Å². The Kier molecular flexibility index (Phi) is 3.94. The fourth-order valence-corrected chi connectivity index (χ4v) is 3.55. The highest BCUT2D eigenvalue weighted by Gasteiger charge is 2.11. The van der Waals surface area contributed by atoms with Gasteiger partial charge in [-0.15, -0.1) is 11.3 Å². The van der Waals surface area contributed by atoms with Gasteiger partial charge in [-0.25, -0.2) is 4.98 Å². The van der Waals surface area contributed by atoms with Crippen molar-refractivity contribution < 1.29 is 0 Å². The highest BCUT2D eigenvalue weighted by molar-refractivity contribution is 14.1. The van der Waals surface area contributed by atoms with Crippen molar-refractivity contribution in [1.29, 1.82) is 0 Å². The summed E-state index contributed by atoms with van der Waals surface area (Å²) in [5.74, 6) is 0. The van der Waals surface area contributed by atoms with E-state index in [1.54, 1.807) is 11.3 Å². The topological polar surface area (TPSA) is 24.9 Å². The minimum atomic E-state index is 0.214. The number of aromatic nitrogens is 1. The number of nitrogens with one attached hydrogen (secondary N) is 1. The van der Waals surface area contributed by atoms with Crippen LogP contribution in [0.2, 0.25) is 0 Å². The van der Waals surface area contributed by atoms with E-state index < -0.39 is 0 Å². The summed E-state index contributed by atoms with van der Waals surface area (Å²) in [6, 6.07) is 15.0. The van der Waals surface area contributed by atoms with Crippen molar-refractivity contribution in [3.8, 4) is 0 Å². The Bertz CT molecular complexity index is 718. The van der Waals surface area contributed by atoms with Crippen molar-refractivity contribution in [3.63, 3.8) is 0 Å². The zero-order valence-electron chi connectivity index (χ0n) is 11.4. The summed E-state index contributed by atoms with van der Waals surface area (Å²) in [4.78, 5) is 4.70. The Labute approximate surface area is 136 Å². The van der Waals surface area contributed by atoms with E-state index in [0.717, 1.165) is 16.2 Å². The molecule has 1 atom stereocenters. The first-order valence-corrected chi connectivity index (χ1v) is 8.41. The number of halogens is 1. The third-order valence-corrected chi connectivity index (χ3v) is 5.62. The number of benzene rings is 2. The van der Waals surface area contributed by atoms with Crippen molar-refractivity contribution in [3.05, 3.63) is 56.6 Å². The van der Waals surface area contributed by atoms with Crippen LogP contribution in [0.5, 0.6) is 0 Å². The molecular formula is C16H15IN2S. The molecule has 1 N–H and O–H groups in total. The van der Waals surface area contributed by atoms with Gasteiger partial charge >= 0.3 is 0 Å². The van der Waals surface area contributed by atoms with Gasteiger partial charge in [-0.05, 0) is 66.3 Å². The Morgan fingerprint density at radius 2 is 2.00 bits per heavy atom. The minimum absolute atomic E-state index is 0.214. The number of hydrogen-bond donors (Lipinski definition) is 1. The van der Waals surface area contributed by atoms with Gasteiger partial charge in [-0.3, -0.25) is 0 Å². The maximum Gasteiger partial charge on any atom is 0.116 e. The number of nitrogens with zero attached hydrogens (tertiary/aromatic N) is 1. The van der Waals surface area contributed by atoms with E-state index in [4.69, 9.17) is 4.98 Å². The summed E-state index contributed by atoms with van der Waals surface area (Å²) < 4.78 is 2.53. The predicted molar refractivity (Wildman–Crippen MR) is 95.6 cm³/mol. The molecular weight excluding hydrogens is 379 g/mol. The third-order valence-electron chi connectivity index (χ3n) is 3.24. The van der Waals surface area contributed by atoms with Gasteiger partial charge in [0.15, 0.2) is 0 Å². The molecule has 0 radical (unpaired) electrons. The molecule has 2 aromatic carbocycles. The van der Waals surface area contributed by atoms with Crippen molar-refractivity contribution in [2.75, 3.05) is 5.32 Å². The van der Waals surface area contributed by atoms with Crippen LogP contribution in [-0.2, 0) is 0 Å². The molecule has 3 aromatic rings. The second-order valence-corrected chi connectivity index (χ2v) is 7.07. The maximum absolute atomic E-state index is 4.70. The van der Waals surface area contributed by atoms with Gasteiger partial charge in [0.25, 0.3) is 0 Å². The summed E-state index contributed by atoms with van der Waals surface area (Å²) >= 11 is 4.13. The zero-order valence-corrected chi connectivity index (χ0v) is 14.3. The molecule has 0 aliphatic heterocycles. The molecule has 4 heteroatoms. The average molecular weight is 394 g/mol. The van der Waals surface area contributed by atoms with Gasteiger partial charge in [0, 0.05) is 9.26 Å². The van der Waals surface area contributed by atoms with Crippen LogP contribution in [-0.4, -0.2) is 4.98 Å². The molecule has 3 rings (SSSR count). The number of thiazole rings is 1. The van der Waals surface area contributed by atoms with E-state index >= 15 is 0 Å². The van der Waals surface area contributed by atoms with E-state index in [9.17, 15) is 0 Å². The molecule has 0 bridgehead atoms. The largest absolute Gasteiger partial charge is 0.376 e. The van der Waals surface area contributed by atoms with Crippen LogP contribution in [0.15, 0.2) is 42.5 Å². The van der Waals surface area contributed by atoms with E-state index in [1.165, 1.54) is 13.8 Å². The Morgan fingerprint density at radius 3 is 2.75 bits per heavy atom. The van der Waals surface area contributed by atoms with Crippen LogP contribution in [0.25, 0.3) is 10.2 Å². The molecule has 1 heterocycles. The number of aryl methyl sites for hydroxylation is 1. The van der Waals surface area contributed by atoms with Gasteiger partial charge in [0.1, 0.15) is 5.01 Å². The van der Waals surface area contributed by atoms with Crippen molar-refractivity contribution in [2.24, 2.45) is 0 Å².